The number of hydrogen-bond donors (Lipinski definition) is 2. The Kier molecular flexibility index (Phi) is 4.70. The Hall–Kier alpha value is -1.51. The molecule has 2 aromatic carbocycles. The van der Waals surface area contributed by atoms with Crippen LogP contribution in [0.15, 0.2) is 48.5 Å². The van der Waals surface area contributed by atoms with E-state index in [4.69, 9.17) is 0 Å². The molecule has 0 spiro atoms. The lowest BCUT2D eigenvalue weighted by Gasteiger charge is -2.28. The van der Waals surface area contributed by atoms with Crippen LogP contribution in [0.5, 0.6) is 0 Å². The van der Waals surface area contributed by atoms with Gasteiger partial charge < -0.3 is 10.6 Å². The minimum absolute atomic E-state index is 0. The highest BCUT2D eigenvalue weighted by Gasteiger charge is 2.28. The van der Waals surface area contributed by atoms with Gasteiger partial charge in [0.1, 0.15) is 0 Å². The molecule has 0 amide bonds. The number of hydrogen-bond acceptors (Lipinski definition) is 2. The summed E-state index contributed by atoms with van der Waals surface area (Å²) in [5.41, 5.74) is 5.39. The smallest absolute Gasteiger partial charge is 0.0387 e. The molecule has 2 aliphatic rings. The van der Waals surface area contributed by atoms with Gasteiger partial charge in [0.2, 0.25) is 0 Å². The van der Waals surface area contributed by atoms with Crippen LogP contribution in [0.3, 0.4) is 0 Å². The summed E-state index contributed by atoms with van der Waals surface area (Å²) in [6.07, 6.45) is 5.31. The summed E-state index contributed by atoms with van der Waals surface area (Å²) in [6.45, 7) is 1.12. The fourth-order valence-electron chi connectivity index (χ4n) is 3.30. The third-order valence-electron chi connectivity index (χ3n) is 4.63. The van der Waals surface area contributed by atoms with Gasteiger partial charge in [-0.05, 0) is 60.7 Å². The molecular weight excluding hydrogens is 292 g/mol. The van der Waals surface area contributed by atoms with E-state index in [2.05, 4.69) is 53.1 Å². The largest absolute Gasteiger partial charge is 0.356 e. The van der Waals surface area contributed by atoms with Crippen LogP contribution in [0.4, 0.5) is 11.4 Å². The van der Waals surface area contributed by atoms with Crippen molar-refractivity contribution in [2.75, 3.05) is 11.9 Å². The van der Waals surface area contributed by atoms with Gasteiger partial charge in [-0.3, -0.25) is 0 Å². The van der Waals surface area contributed by atoms with Gasteiger partial charge in [-0.2, -0.15) is 0 Å². The average molecular weight is 315 g/mol. The Morgan fingerprint density at radius 3 is 2.59 bits per heavy atom. The summed E-state index contributed by atoms with van der Waals surface area (Å²) in [5, 5.41) is 7.23. The summed E-state index contributed by atoms with van der Waals surface area (Å²) in [7, 11) is 0. The van der Waals surface area contributed by atoms with Crippen molar-refractivity contribution in [3.05, 3.63) is 59.7 Å². The van der Waals surface area contributed by atoms with E-state index in [1.807, 2.05) is 6.07 Å². The number of nitrogens with one attached hydrogen (secondary N) is 2. The molecule has 22 heavy (non-hydrogen) atoms. The number of para-hydroxylation sites is 1. The fourth-order valence-corrected chi connectivity index (χ4v) is 3.30. The van der Waals surface area contributed by atoms with Gasteiger partial charge in [0.25, 0.3) is 0 Å². The third-order valence-corrected chi connectivity index (χ3v) is 4.63. The maximum absolute atomic E-state index is 3.71. The first kappa shape index (κ1) is 15.4. The van der Waals surface area contributed by atoms with Crippen molar-refractivity contribution in [3.8, 4) is 0 Å². The van der Waals surface area contributed by atoms with E-state index in [9.17, 15) is 0 Å². The monoisotopic (exact) mass is 314 g/mol. The van der Waals surface area contributed by atoms with Crippen molar-refractivity contribution < 1.29 is 0 Å². The second-order valence-electron chi connectivity index (χ2n) is 6.34. The summed E-state index contributed by atoms with van der Waals surface area (Å²) >= 11 is 0. The van der Waals surface area contributed by atoms with Gasteiger partial charge in [-0.1, -0.05) is 37.1 Å². The van der Waals surface area contributed by atoms with E-state index >= 15 is 0 Å². The molecule has 1 heterocycles. The molecule has 0 radical (unpaired) electrons. The van der Waals surface area contributed by atoms with Crippen LogP contribution in [0, 0.1) is 5.92 Å². The van der Waals surface area contributed by atoms with Crippen LogP contribution in [0.25, 0.3) is 0 Å². The summed E-state index contributed by atoms with van der Waals surface area (Å²) in [6, 6.07) is 17.8. The van der Waals surface area contributed by atoms with Gasteiger partial charge in [-0.25, -0.2) is 0 Å². The van der Waals surface area contributed by atoms with E-state index in [0.717, 1.165) is 24.6 Å². The zero-order valence-electron chi connectivity index (χ0n) is 12.7. The SMILES string of the molecule is Cl.c1ccc(Nc2ccc3c(c2)C(CC2CC2)NCC3)cc1. The molecule has 1 atom stereocenters. The molecular formula is C19H23ClN2. The molecule has 4 rings (SSSR count). The molecule has 2 nitrogen and oxygen atoms in total. The minimum atomic E-state index is 0. The summed E-state index contributed by atoms with van der Waals surface area (Å²) in [5.74, 6) is 0.958. The van der Waals surface area contributed by atoms with Crippen LogP contribution in [-0.4, -0.2) is 6.54 Å². The Bertz CT molecular complexity index is 623. The van der Waals surface area contributed by atoms with Crippen molar-refractivity contribution in [2.24, 2.45) is 5.92 Å². The molecule has 1 unspecified atom stereocenters. The lowest BCUT2D eigenvalue weighted by atomic mass is 9.90. The first-order valence-electron chi connectivity index (χ1n) is 8.07. The normalized spacial score (nSPS) is 19.9. The Morgan fingerprint density at radius 1 is 1.00 bits per heavy atom. The number of benzene rings is 2. The highest BCUT2D eigenvalue weighted by molar-refractivity contribution is 5.85. The molecule has 2 aromatic rings. The molecule has 0 aromatic heterocycles. The maximum atomic E-state index is 3.71. The standard InChI is InChI=1S/C19H22N2.ClH/c1-2-4-16(5-3-1)21-17-9-8-15-10-11-20-19(18(15)13-17)12-14-6-7-14;/h1-5,8-9,13-14,19-21H,6-7,10-12H2;1H. The Morgan fingerprint density at radius 2 is 1.82 bits per heavy atom. The summed E-state index contributed by atoms with van der Waals surface area (Å²) < 4.78 is 0. The van der Waals surface area contributed by atoms with Crippen molar-refractivity contribution in [3.63, 3.8) is 0 Å². The van der Waals surface area contributed by atoms with E-state index < -0.39 is 0 Å². The quantitative estimate of drug-likeness (QED) is 0.844. The average Bonchev–Trinajstić information content (AvgIpc) is 3.33. The molecule has 1 aliphatic heterocycles. The van der Waals surface area contributed by atoms with E-state index in [-0.39, 0.29) is 12.4 Å². The van der Waals surface area contributed by atoms with E-state index in [0.29, 0.717) is 6.04 Å². The molecule has 2 N–H and O–H groups in total. The third kappa shape index (κ3) is 3.45. The first-order valence-corrected chi connectivity index (χ1v) is 8.07. The second kappa shape index (κ2) is 6.72. The first-order chi connectivity index (χ1) is 10.4. The zero-order valence-corrected chi connectivity index (χ0v) is 13.5. The topological polar surface area (TPSA) is 24.1 Å². The maximum Gasteiger partial charge on any atom is 0.0387 e. The molecule has 3 heteroatoms. The van der Waals surface area contributed by atoms with Crippen LogP contribution >= 0.6 is 12.4 Å². The Labute approximate surface area is 138 Å². The number of rotatable bonds is 4. The van der Waals surface area contributed by atoms with E-state index in [1.165, 1.54) is 36.1 Å². The van der Waals surface area contributed by atoms with Crippen molar-refractivity contribution >= 4 is 23.8 Å². The van der Waals surface area contributed by atoms with Gasteiger partial charge >= 0.3 is 0 Å². The minimum Gasteiger partial charge on any atom is -0.356 e. The molecule has 0 saturated heterocycles. The van der Waals surface area contributed by atoms with Crippen molar-refractivity contribution in [1.82, 2.24) is 5.32 Å². The number of fused-ring (bicyclic) bond motifs is 1. The highest BCUT2D eigenvalue weighted by atomic mass is 35.5. The number of anilines is 2. The fraction of sp³-hybridized carbons (Fsp3) is 0.368. The van der Waals surface area contributed by atoms with Crippen molar-refractivity contribution in [2.45, 2.75) is 31.7 Å². The van der Waals surface area contributed by atoms with Gasteiger partial charge in [-0.15, -0.1) is 12.4 Å². The van der Waals surface area contributed by atoms with E-state index in [1.54, 1.807) is 0 Å². The molecule has 0 bridgehead atoms. The highest BCUT2D eigenvalue weighted by Crippen LogP contribution is 2.40. The summed E-state index contributed by atoms with van der Waals surface area (Å²) in [4.78, 5) is 0. The lowest BCUT2D eigenvalue weighted by Crippen LogP contribution is -2.30. The van der Waals surface area contributed by atoms with Gasteiger partial charge in [0.05, 0.1) is 0 Å². The van der Waals surface area contributed by atoms with Crippen LogP contribution < -0.4 is 10.6 Å². The molecule has 1 saturated carbocycles. The number of halogens is 1. The van der Waals surface area contributed by atoms with Crippen LogP contribution in [-0.2, 0) is 6.42 Å². The van der Waals surface area contributed by atoms with Gasteiger partial charge in [0.15, 0.2) is 0 Å². The zero-order chi connectivity index (χ0) is 14.1. The Balaban J connectivity index is 0.00000144. The predicted molar refractivity (Wildman–Crippen MR) is 95.2 cm³/mol. The molecule has 1 aliphatic carbocycles. The predicted octanol–water partition coefficient (Wildman–Crippen LogP) is 4.84. The van der Waals surface area contributed by atoms with Crippen LogP contribution in [0.1, 0.15) is 36.4 Å². The lowest BCUT2D eigenvalue weighted by molar-refractivity contribution is 0.453. The second-order valence-corrected chi connectivity index (χ2v) is 6.34. The van der Waals surface area contributed by atoms with Crippen LogP contribution in [0.2, 0.25) is 0 Å². The molecule has 116 valence electrons. The molecule has 1 fully saturated rings. The van der Waals surface area contributed by atoms with Gasteiger partial charge in [0, 0.05) is 17.4 Å². The van der Waals surface area contributed by atoms with Crippen molar-refractivity contribution in [1.29, 1.82) is 0 Å².